The van der Waals surface area contributed by atoms with Gasteiger partial charge in [-0.2, -0.15) is 5.10 Å². The van der Waals surface area contributed by atoms with Gasteiger partial charge in [0.15, 0.2) is 5.78 Å². The number of ketones is 1. The zero-order valence-corrected chi connectivity index (χ0v) is 15.3. The van der Waals surface area contributed by atoms with Crippen molar-refractivity contribution in [2.24, 2.45) is 5.41 Å². The van der Waals surface area contributed by atoms with Gasteiger partial charge in [0.1, 0.15) is 12.3 Å². The van der Waals surface area contributed by atoms with Crippen LogP contribution >= 0.6 is 12.4 Å². The van der Waals surface area contributed by atoms with Crippen LogP contribution in [-0.4, -0.2) is 40.1 Å². The zero-order chi connectivity index (χ0) is 17.3. The SMILES string of the molecule is Cl.O=C1CC2(CCN(C(=O)OCc3ccccc3)CC2)Cc2cn[nH]c21. The zero-order valence-electron chi connectivity index (χ0n) is 14.4. The molecule has 0 atom stereocenters. The Labute approximate surface area is 158 Å². The fourth-order valence-corrected chi connectivity index (χ4v) is 3.91. The molecular formula is C19H22ClN3O3. The molecule has 0 radical (unpaired) electrons. The van der Waals surface area contributed by atoms with E-state index in [0.29, 0.717) is 25.2 Å². The summed E-state index contributed by atoms with van der Waals surface area (Å²) in [5, 5.41) is 6.80. The minimum absolute atomic E-state index is 0. The first-order valence-electron chi connectivity index (χ1n) is 8.66. The van der Waals surface area contributed by atoms with Crippen LogP contribution in [0.1, 0.15) is 40.9 Å². The molecule has 1 spiro atoms. The normalized spacial score (nSPS) is 18.2. The van der Waals surface area contributed by atoms with E-state index in [0.717, 1.165) is 30.4 Å². The number of hydrogen-bond donors (Lipinski definition) is 1. The molecule has 1 saturated heterocycles. The molecule has 6 nitrogen and oxygen atoms in total. The van der Waals surface area contributed by atoms with E-state index in [9.17, 15) is 9.59 Å². The molecule has 4 rings (SSSR count). The molecule has 1 N–H and O–H groups in total. The van der Waals surface area contributed by atoms with Crippen LogP contribution in [0, 0.1) is 5.41 Å². The average Bonchev–Trinajstić information content (AvgIpc) is 3.10. The van der Waals surface area contributed by atoms with Gasteiger partial charge >= 0.3 is 6.09 Å². The predicted octanol–water partition coefficient (Wildman–Crippen LogP) is 3.38. The van der Waals surface area contributed by atoms with Crippen molar-refractivity contribution in [1.29, 1.82) is 0 Å². The fourth-order valence-electron chi connectivity index (χ4n) is 3.91. The first-order chi connectivity index (χ1) is 12.2. The van der Waals surface area contributed by atoms with Crippen molar-refractivity contribution in [2.75, 3.05) is 13.1 Å². The summed E-state index contributed by atoms with van der Waals surface area (Å²) in [5.74, 6) is 0.138. The lowest BCUT2D eigenvalue weighted by atomic mass is 9.67. The molecule has 1 amide bonds. The van der Waals surface area contributed by atoms with E-state index >= 15 is 0 Å². The van der Waals surface area contributed by atoms with Crippen LogP contribution < -0.4 is 0 Å². The van der Waals surface area contributed by atoms with Crippen LogP contribution in [0.5, 0.6) is 0 Å². The van der Waals surface area contributed by atoms with E-state index < -0.39 is 0 Å². The molecule has 1 aromatic carbocycles. The molecule has 0 bridgehead atoms. The standard InChI is InChI=1S/C19H21N3O3.ClH/c23-16-11-19(10-15-12-20-21-17(15)16)6-8-22(9-7-19)18(24)25-13-14-4-2-1-3-5-14;/h1-5,12H,6-11,13H2,(H,20,21);1H. The fraction of sp³-hybridized carbons (Fsp3) is 0.421. The van der Waals surface area contributed by atoms with Gasteiger partial charge in [-0.3, -0.25) is 9.89 Å². The van der Waals surface area contributed by atoms with Gasteiger partial charge in [0, 0.05) is 25.1 Å². The van der Waals surface area contributed by atoms with E-state index in [2.05, 4.69) is 10.2 Å². The molecule has 26 heavy (non-hydrogen) atoms. The Bertz CT molecular complexity index is 782. The minimum Gasteiger partial charge on any atom is -0.445 e. The number of H-pyrrole nitrogens is 1. The maximum Gasteiger partial charge on any atom is 0.410 e. The second kappa shape index (κ2) is 7.50. The van der Waals surface area contributed by atoms with Crippen molar-refractivity contribution in [2.45, 2.75) is 32.3 Å². The molecule has 1 fully saturated rings. The predicted molar refractivity (Wildman–Crippen MR) is 98.4 cm³/mol. The van der Waals surface area contributed by atoms with Gasteiger partial charge in [-0.15, -0.1) is 12.4 Å². The number of carbonyl (C=O) groups is 2. The molecule has 138 valence electrons. The summed E-state index contributed by atoms with van der Waals surface area (Å²) in [7, 11) is 0. The number of halogens is 1. The van der Waals surface area contributed by atoms with Crippen LogP contribution in [0.15, 0.2) is 36.5 Å². The van der Waals surface area contributed by atoms with E-state index in [4.69, 9.17) is 4.74 Å². The number of aromatic amines is 1. The number of Topliss-reactive ketones (excluding diaryl/α,β-unsaturated/α-hetero) is 1. The molecule has 0 saturated carbocycles. The van der Waals surface area contributed by atoms with Crippen molar-refractivity contribution >= 4 is 24.3 Å². The molecular weight excluding hydrogens is 354 g/mol. The van der Waals surface area contributed by atoms with Crippen molar-refractivity contribution < 1.29 is 14.3 Å². The number of amides is 1. The minimum atomic E-state index is -0.273. The molecule has 1 aliphatic carbocycles. The summed E-state index contributed by atoms with van der Waals surface area (Å²) < 4.78 is 5.41. The number of hydrogen-bond acceptors (Lipinski definition) is 4. The van der Waals surface area contributed by atoms with Crippen LogP contribution in [0.3, 0.4) is 0 Å². The second-order valence-electron chi connectivity index (χ2n) is 7.07. The molecule has 1 aromatic heterocycles. The molecule has 2 aliphatic rings. The number of rotatable bonds is 2. The summed E-state index contributed by atoms with van der Waals surface area (Å²) in [6.07, 6.45) is 4.53. The maximum absolute atomic E-state index is 12.3. The van der Waals surface area contributed by atoms with Crippen molar-refractivity contribution in [3.8, 4) is 0 Å². The maximum atomic E-state index is 12.3. The van der Waals surface area contributed by atoms with Crippen molar-refractivity contribution in [3.63, 3.8) is 0 Å². The summed E-state index contributed by atoms with van der Waals surface area (Å²) in [5.41, 5.74) is 2.62. The van der Waals surface area contributed by atoms with Crippen LogP contribution in [0.4, 0.5) is 4.79 Å². The molecule has 2 aromatic rings. The first kappa shape index (κ1) is 18.5. The number of nitrogens with zero attached hydrogens (tertiary/aromatic N) is 2. The largest absolute Gasteiger partial charge is 0.445 e. The monoisotopic (exact) mass is 375 g/mol. The first-order valence-corrected chi connectivity index (χ1v) is 8.66. The van der Waals surface area contributed by atoms with E-state index in [-0.39, 0.29) is 36.3 Å². The highest BCUT2D eigenvalue weighted by Crippen LogP contribution is 2.43. The molecule has 0 unspecified atom stereocenters. The Hall–Kier alpha value is -2.34. The summed E-state index contributed by atoms with van der Waals surface area (Å²) in [6.45, 7) is 1.56. The third-order valence-electron chi connectivity index (χ3n) is 5.39. The van der Waals surface area contributed by atoms with Crippen molar-refractivity contribution in [3.05, 3.63) is 53.3 Å². The third kappa shape index (κ3) is 3.60. The van der Waals surface area contributed by atoms with Gasteiger partial charge in [-0.05, 0) is 30.2 Å². The number of nitrogens with one attached hydrogen (secondary N) is 1. The number of benzene rings is 1. The number of ether oxygens (including phenoxy) is 1. The lowest BCUT2D eigenvalue weighted by Gasteiger charge is -2.42. The van der Waals surface area contributed by atoms with Gasteiger partial charge in [-0.1, -0.05) is 30.3 Å². The van der Waals surface area contributed by atoms with E-state index in [1.54, 1.807) is 11.1 Å². The van der Waals surface area contributed by atoms with Gasteiger partial charge in [0.2, 0.25) is 0 Å². The van der Waals surface area contributed by atoms with Gasteiger partial charge in [-0.25, -0.2) is 4.79 Å². The number of aromatic nitrogens is 2. The Balaban J connectivity index is 0.00000196. The molecule has 1 aliphatic heterocycles. The van der Waals surface area contributed by atoms with Gasteiger partial charge in [0.25, 0.3) is 0 Å². The Morgan fingerprint density at radius 1 is 1.19 bits per heavy atom. The number of likely N-dealkylation sites (tertiary alicyclic amines) is 1. The quantitative estimate of drug-likeness (QED) is 0.873. The molecule has 7 heteroatoms. The lowest BCUT2D eigenvalue weighted by Crippen LogP contribution is -2.46. The van der Waals surface area contributed by atoms with Gasteiger partial charge < -0.3 is 9.64 Å². The number of fused-ring (bicyclic) bond motifs is 1. The van der Waals surface area contributed by atoms with Gasteiger partial charge in [0.05, 0.1) is 6.20 Å². The van der Waals surface area contributed by atoms with Crippen LogP contribution in [0.2, 0.25) is 0 Å². The second-order valence-corrected chi connectivity index (χ2v) is 7.07. The highest BCUT2D eigenvalue weighted by atomic mass is 35.5. The summed E-state index contributed by atoms with van der Waals surface area (Å²) >= 11 is 0. The Morgan fingerprint density at radius 2 is 1.92 bits per heavy atom. The van der Waals surface area contributed by atoms with E-state index in [1.807, 2.05) is 30.3 Å². The van der Waals surface area contributed by atoms with Crippen LogP contribution in [-0.2, 0) is 17.8 Å². The topological polar surface area (TPSA) is 75.3 Å². The highest BCUT2D eigenvalue weighted by Gasteiger charge is 2.42. The molecule has 2 heterocycles. The third-order valence-corrected chi connectivity index (χ3v) is 5.39. The smallest absolute Gasteiger partial charge is 0.410 e. The van der Waals surface area contributed by atoms with E-state index in [1.165, 1.54) is 0 Å². The average molecular weight is 376 g/mol. The number of piperidine rings is 1. The number of carbonyl (C=O) groups excluding carboxylic acids is 2. The summed E-state index contributed by atoms with van der Waals surface area (Å²) in [6, 6.07) is 9.67. The Morgan fingerprint density at radius 3 is 2.65 bits per heavy atom. The lowest BCUT2D eigenvalue weighted by molar-refractivity contribution is 0.0520. The Kier molecular flexibility index (Phi) is 5.32. The van der Waals surface area contributed by atoms with Crippen LogP contribution in [0.25, 0.3) is 0 Å². The van der Waals surface area contributed by atoms with Crippen molar-refractivity contribution in [1.82, 2.24) is 15.1 Å². The highest BCUT2D eigenvalue weighted by molar-refractivity contribution is 5.97. The summed E-state index contributed by atoms with van der Waals surface area (Å²) in [4.78, 5) is 26.4.